The topological polar surface area (TPSA) is 69.7 Å². The van der Waals surface area contributed by atoms with Crippen molar-refractivity contribution >= 4 is 0 Å². The Balaban J connectivity index is 1.47. The second-order valence-corrected chi connectivity index (χ2v) is 6.65. The molecular weight excluding hydrogens is 300 g/mol. The number of ether oxygens (including phenoxy) is 5. The van der Waals surface area contributed by atoms with Crippen LogP contribution in [0.15, 0.2) is 30.3 Å². The number of hydrogen-bond acceptors (Lipinski definition) is 6. The molecule has 1 aromatic rings. The molecule has 0 radical (unpaired) electrons. The molecule has 3 fully saturated rings. The summed E-state index contributed by atoms with van der Waals surface area (Å²) in [5, 5.41) is 9.23. The van der Waals surface area contributed by atoms with E-state index in [0.29, 0.717) is 6.61 Å². The monoisotopic (exact) mass is 322 g/mol. The summed E-state index contributed by atoms with van der Waals surface area (Å²) in [6, 6.07) is 9.97. The molecular formula is C17H22O6. The molecule has 3 heterocycles. The van der Waals surface area contributed by atoms with Crippen molar-refractivity contribution in [2.24, 2.45) is 0 Å². The van der Waals surface area contributed by atoms with Crippen molar-refractivity contribution in [2.45, 2.75) is 63.1 Å². The van der Waals surface area contributed by atoms with Crippen molar-refractivity contribution in [3.05, 3.63) is 35.9 Å². The van der Waals surface area contributed by atoms with E-state index in [2.05, 4.69) is 0 Å². The molecule has 0 spiro atoms. The Labute approximate surface area is 135 Å². The molecule has 126 valence electrons. The quantitative estimate of drug-likeness (QED) is 0.822. The van der Waals surface area contributed by atoms with Crippen molar-refractivity contribution in [3.63, 3.8) is 0 Å². The minimum absolute atomic E-state index is 0.0154. The van der Waals surface area contributed by atoms with Crippen molar-refractivity contribution in [3.8, 4) is 0 Å². The van der Waals surface area contributed by atoms with Crippen LogP contribution >= 0.6 is 0 Å². The largest absolute Gasteiger partial charge is 0.394 e. The summed E-state index contributed by atoms with van der Waals surface area (Å²) in [7, 11) is 0. The van der Waals surface area contributed by atoms with E-state index in [9.17, 15) is 5.11 Å². The van der Waals surface area contributed by atoms with Gasteiger partial charge in [0, 0.05) is 0 Å². The lowest BCUT2D eigenvalue weighted by molar-refractivity contribution is -0.221. The predicted molar refractivity (Wildman–Crippen MR) is 79.5 cm³/mol. The van der Waals surface area contributed by atoms with Gasteiger partial charge in [0.05, 0.1) is 13.2 Å². The summed E-state index contributed by atoms with van der Waals surface area (Å²) in [6.45, 7) is 4.18. The zero-order valence-corrected chi connectivity index (χ0v) is 13.3. The van der Waals surface area contributed by atoms with Gasteiger partial charge in [0.15, 0.2) is 12.1 Å². The molecule has 0 saturated carbocycles. The number of benzene rings is 1. The molecule has 3 saturated heterocycles. The molecule has 0 aromatic heterocycles. The van der Waals surface area contributed by atoms with Gasteiger partial charge in [-0.25, -0.2) is 0 Å². The molecule has 3 aliphatic heterocycles. The summed E-state index contributed by atoms with van der Waals surface area (Å²) < 4.78 is 29.3. The van der Waals surface area contributed by atoms with Crippen LogP contribution in [0.5, 0.6) is 0 Å². The molecule has 0 aliphatic carbocycles. The van der Waals surface area contributed by atoms with E-state index in [0.717, 1.165) is 5.56 Å². The maximum Gasteiger partial charge on any atom is 0.190 e. The fourth-order valence-corrected chi connectivity index (χ4v) is 3.32. The van der Waals surface area contributed by atoms with Gasteiger partial charge in [-0.05, 0) is 19.4 Å². The molecule has 0 amide bonds. The average Bonchev–Trinajstić information content (AvgIpc) is 3.16. The Kier molecular flexibility index (Phi) is 3.91. The summed E-state index contributed by atoms with van der Waals surface area (Å²) in [6.07, 6.45) is -1.68. The van der Waals surface area contributed by atoms with Crippen LogP contribution in [-0.4, -0.2) is 54.3 Å². The third-order valence-electron chi connectivity index (χ3n) is 4.44. The van der Waals surface area contributed by atoms with E-state index in [-0.39, 0.29) is 37.1 Å². The van der Waals surface area contributed by atoms with E-state index in [1.807, 2.05) is 44.2 Å². The SMILES string of the molecule is CC1(C)O[C@H]2O[C@H]([C@@H]3O[C@@H]3CO)[C@H](OCc3ccccc3)[C@H]2O1. The zero-order valence-electron chi connectivity index (χ0n) is 13.3. The van der Waals surface area contributed by atoms with Gasteiger partial charge in [0.1, 0.15) is 30.5 Å². The van der Waals surface area contributed by atoms with Gasteiger partial charge in [-0.1, -0.05) is 30.3 Å². The van der Waals surface area contributed by atoms with Crippen LogP contribution in [0.3, 0.4) is 0 Å². The van der Waals surface area contributed by atoms with Gasteiger partial charge < -0.3 is 28.8 Å². The molecule has 3 aliphatic rings. The molecule has 1 aromatic carbocycles. The second-order valence-electron chi connectivity index (χ2n) is 6.65. The second kappa shape index (κ2) is 5.81. The molecule has 1 N–H and O–H groups in total. The Morgan fingerprint density at radius 3 is 2.52 bits per heavy atom. The molecule has 4 rings (SSSR count). The molecule has 0 bridgehead atoms. The van der Waals surface area contributed by atoms with Crippen LogP contribution in [0, 0.1) is 0 Å². The van der Waals surface area contributed by atoms with Gasteiger partial charge in [0.25, 0.3) is 0 Å². The van der Waals surface area contributed by atoms with Crippen LogP contribution in [0.1, 0.15) is 19.4 Å². The number of aliphatic hydroxyl groups is 1. The van der Waals surface area contributed by atoms with Gasteiger partial charge in [-0.3, -0.25) is 0 Å². The first kappa shape index (κ1) is 15.5. The highest BCUT2D eigenvalue weighted by Crippen LogP contribution is 2.43. The lowest BCUT2D eigenvalue weighted by Crippen LogP contribution is -2.40. The average molecular weight is 322 g/mol. The highest BCUT2D eigenvalue weighted by atomic mass is 16.8. The van der Waals surface area contributed by atoms with Crippen molar-refractivity contribution in [1.29, 1.82) is 0 Å². The summed E-state index contributed by atoms with van der Waals surface area (Å²) in [4.78, 5) is 0. The lowest BCUT2D eigenvalue weighted by atomic mass is 10.1. The molecule has 6 nitrogen and oxygen atoms in total. The fourth-order valence-electron chi connectivity index (χ4n) is 3.32. The third-order valence-corrected chi connectivity index (χ3v) is 4.44. The Morgan fingerprint density at radius 2 is 1.83 bits per heavy atom. The highest BCUT2D eigenvalue weighted by molar-refractivity contribution is 5.14. The van der Waals surface area contributed by atoms with Gasteiger partial charge in [-0.2, -0.15) is 0 Å². The van der Waals surface area contributed by atoms with E-state index < -0.39 is 12.1 Å². The summed E-state index contributed by atoms with van der Waals surface area (Å²) in [5.41, 5.74) is 1.09. The maximum absolute atomic E-state index is 9.23. The maximum atomic E-state index is 9.23. The minimum atomic E-state index is -0.685. The zero-order chi connectivity index (χ0) is 16.0. The van der Waals surface area contributed by atoms with E-state index in [1.165, 1.54) is 0 Å². The first-order valence-electron chi connectivity index (χ1n) is 8.00. The number of rotatable bonds is 5. The standard InChI is InChI=1S/C17H22O6/c1-17(2)22-15-13(19-9-10-6-4-3-5-7-10)14(21-16(15)23-17)12-11(8-18)20-12/h3-7,11-16,18H,8-9H2,1-2H3/t11-,12-,13+,14-,15-,16-/m1/s1. The molecule has 23 heavy (non-hydrogen) atoms. The summed E-state index contributed by atoms with van der Waals surface area (Å²) in [5.74, 6) is -0.685. The van der Waals surface area contributed by atoms with Crippen molar-refractivity contribution < 1.29 is 28.8 Å². The molecule has 0 unspecified atom stereocenters. The first-order chi connectivity index (χ1) is 11.1. The van der Waals surface area contributed by atoms with Gasteiger partial charge in [0.2, 0.25) is 0 Å². The summed E-state index contributed by atoms with van der Waals surface area (Å²) >= 11 is 0. The number of epoxide rings is 1. The van der Waals surface area contributed by atoms with Crippen molar-refractivity contribution in [1.82, 2.24) is 0 Å². The van der Waals surface area contributed by atoms with E-state index >= 15 is 0 Å². The van der Waals surface area contributed by atoms with Gasteiger partial charge in [-0.15, -0.1) is 0 Å². The van der Waals surface area contributed by atoms with E-state index in [4.69, 9.17) is 23.7 Å². The normalized spacial score (nSPS) is 41.0. The van der Waals surface area contributed by atoms with Crippen LogP contribution in [0.25, 0.3) is 0 Å². The number of fused-ring (bicyclic) bond motifs is 1. The Bertz CT molecular complexity index is 547. The van der Waals surface area contributed by atoms with E-state index in [1.54, 1.807) is 0 Å². The smallest absolute Gasteiger partial charge is 0.190 e. The number of hydrogen-bond donors (Lipinski definition) is 1. The fraction of sp³-hybridized carbons (Fsp3) is 0.647. The highest BCUT2D eigenvalue weighted by Gasteiger charge is 2.61. The Morgan fingerprint density at radius 1 is 1.04 bits per heavy atom. The third kappa shape index (κ3) is 3.03. The van der Waals surface area contributed by atoms with Crippen LogP contribution < -0.4 is 0 Å². The number of aliphatic hydroxyl groups excluding tert-OH is 1. The molecule has 6 heteroatoms. The van der Waals surface area contributed by atoms with Crippen molar-refractivity contribution in [2.75, 3.05) is 6.61 Å². The van der Waals surface area contributed by atoms with Crippen LogP contribution in [-0.2, 0) is 30.3 Å². The van der Waals surface area contributed by atoms with Gasteiger partial charge >= 0.3 is 0 Å². The molecule has 6 atom stereocenters. The Hall–Kier alpha value is -1.02. The minimum Gasteiger partial charge on any atom is -0.394 e. The lowest BCUT2D eigenvalue weighted by Gasteiger charge is -2.25. The predicted octanol–water partition coefficient (Wildman–Crippen LogP) is 1.21. The van der Waals surface area contributed by atoms with Crippen LogP contribution in [0.2, 0.25) is 0 Å². The first-order valence-corrected chi connectivity index (χ1v) is 8.00. The van der Waals surface area contributed by atoms with Crippen LogP contribution in [0.4, 0.5) is 0 Å².